The first-order valence-corrected chi connectivity index (χ1v) is 15.9. The van der Waals surface area contributed by atoms with E-state index in [2.05, 4.69) is 4.98 Å². The molecule has 0 spiro atoms. The number of halogens is 1. The van der Waals surface area contributed by atoms with Gasteiger partial charge in [-0.2, -0.15) is 0 Å². The van der Waals surface area contributed by atoms with Crippen molar-refractivity contribution in [1.82, 2.24) is 4.98 Å². The van der Waals surface area contributed by atoms with Crippen LogP contribution < -0.4 is 0 Å². The number of pyridine rings is 1. The quantitative estimate of drug-likeness (QED) is 0.113. The Kier molecular flexibility index (Phi) is 11.7. The summed E-state index contributed by atoms with van der Waals surface area (Å²) in [5.41, 5.74) is 4.77. The number of rotatable bonds is 13. The van der Waals surface area contributed by atoms with Crippen LogP contribution in [-0.4, -0.2) is 46.8 Å². The van der Waals surface area contributed by atoms with Gasteiger partial charge in [0.15, 0.2) is 0 Å². The van der Waals surface area contributed by atoms with Gasteiger partial charge in [-0.05, 0) is 95.6 Å². The molecule has 1 aromatic heterocycles. The number of hydrogen-bond donors (Lipinski definition) is 0. The van der Waals surface area contributed by atoms with E-state index in [1.807, 2.05) is 25.1 Å². The van der Waals surface area contributed by atoms with Crippen molar-refractivity contribution in [3.05, 3.63) is 101 Å². The summed E-state index contributed by atoms with van der Waals surface area (Å²) in [6, 6.07) is 15.0. The number of nitrogens with zero attached hydrogens (tertiary/aromatic N) is 1. The SMILES string of the molecule is CC1=C(CC(=O)OC(=O)OCCCCCCCOC(=O)c2cccnc2)c2cc(F)ccc2/C1=C\c1ccc(S(C)=O)cc1. The third kappa shape index (κ3) is 9.03. The zero-order valence-corrected chi connectivity index (χ0v) is 25.5. The van der Waals surface area contributed by atoms with Crippen molar-refractivity contribution in [2.24, 2.45) is 0 Å². The van der Waals surface area contributed by atoms with Crippen molar-refractivity contribution in [2.45, 2.75) is 50.3 Å². The predicted molar refractivity (Wildman–Crippen MR) is 165 cm³/mol. The molecule has 1 aliphatic rings. The van der Waals surface area contributed by atoms with Crippen LogP contribution in [0.4, 0.5) is 9.18 Å². The highest BCUT2D eigenvalue weighted by Gasteiger charge is 2.27. The van der Waals surface area contributed by atoms with E-state index >= 15 is 0 Å². The van der Waals surface area contributed by atoms with Crippen molar-refractivity contribution in [3.63, 3.8) is 0 Å². The van der Waals surface area contributed by atoms with Crippen molar-refractivity contribution >= 4 is 46.1 Å². The Morgan fingerprint density at radius 1 is 0.909 bits per heavy atom. The van der Waals surface area contributed by atoms with E-state index in [1.165, 1.54) is 18.3 Å². The minimum absolute atomic E-state index is 0.106. The summed E-state index contributed by atoms with van der Waals surface area (Å²) in [6.07, 6.45) is 9.11. The summed E-state index contributed by atoms with van der Waals surface area (Å²) in [5, 5.41) is 0. The fourth-order valence-electron chi connectivity index (χ4n) is 4.83. The highest BCUT2D eigenvalue weighted by Crippen LogP contribution is 2.44. The smallest absolute Gasteiger partial charge is 0.462 e. The summed E-state index contributed by atoms with van der Waals surface area (Å²) in [6.45, 7) is 2.26. The van der Waals surface area contributed by atoms with E-state index in [1.54, 1.807) is 42.8 Å². The Hall–Kier alpha value is -4.44. The topological polar surface area (TPSA) is 109 Å². The van der Waals surface area contributed by atoms with Crippen LogP contribution in [0.25, 0.3) is 17.2 Å². The fraction of sp³-hybridized carbons (Fsp3) is 0.294. The van der Waals surface area contributed by atoms with Crippen LogP contribution >= 0.6 is 0 Å². The first kappa shape index (κ1) is 32.5. The molecule has 230 valence electrons. The number of carbonyl (C=O) groups excluding carboxylic acids is 3. The maximum absolute atomic E-state index is 14.2. The Balaban J connectivity index is 1.21. The molecule has 10 heteroatoms. The molecular formula is C34H34FNO7S. The number of carbonyl (C=O) groups is 3. The van der Waals surface area contributed by atoms with E-state index in [0.29, 0.717) is 34.6 Å². The Morgan fingerprint density at radius 2 is 1.61 bits per heavy atom. The summed E-state index contributed by atoms with van der Waals surface area (Å²) >= 11 is 0. The molecule has 3 aromatic rings. The van der Waals surface area contributed by atoms with E-state index in [4.69, 9.17) is 14.2 Å². The largest absolute Gasteiger partial charge is 0.516 e. The number of esters is 2. The number of hydrogen-bond acceptors (Lipinski definition) is 8. The Labute approximate surface area is 258 Å². The molecule has 1 unspecified atom stereocenters. The molecule has 0 bridgehead atoms. The van der Waals surface area contributed by atoms with Crippen molar-refractivity contribution < 1.29 is 37.2 Å². The van der Waals surface area contributed by atoms with Gasteiger partial charge in [-0.15, -0.1) is 0 Å². The number of benzene rings is 2. The Bertz CT molecular complexity index is 1580. The van der Waals surface area contributed by atoms with Crippen LogP contribution in [-0.2, 0) is 29.8 Å². The molecule has 44 heavy (non-hydrogen) atoms. The molecule has 0 saturated heterocycles. The molecule has 1 atom stereocenters. The summed E-state index contributed by atoms with van der Waals surface area (Å²) in [5.74, 6) is -1.63. The molecule has 1 aliphatic carbocycles. The van der Waals surface area contributed by atoms with E-state index in [-0.39, 0.29) is 13.0 Å². The monoisotopic (exact) mass is 619 g/mol. The van der Waals surface area contributed by atoms with Gasteiger partial charge in [-0.3, -0.25) is 14.0 Å². The maximum atomic E-state index is 14.2. The highest BCUT2D eigenvalue weighted by atomic mass is 32.2. The van der Waals surface area contributed by atoms with Crippen LogP contribution in [0.3, 0.4) is 0 Å². The summed E-state index contributed by atoms with van der Waals surface area (Å²) in [7, 11) is -1.09. The molecule has 4 rings (SSSR count). The fourth-order valence-corrected chi connectivity index (χ4v) is 5.35. The molecule has 0 amide bonds. The van der Waals surface area contributed by atoms with Crippen LogP contribution in [0.15, 0.2) is 77.5 Å². The number of unbranched alkanes of at least 4 members (excludes halogenated alkanes) is 4. The lowest BCUT2D eigenvalue weighted by Gasteiger charge is -2.08. The second kappa shape index (κ2) is 15.9. The molecule has 0 saturated carbocycles. The minimum Gasteiger partial charge on any atom is -0.462 e. The second-order valence-corrected chi connectivity index (χ2v) is 11.6. The standard InChI is InChI=1S/C34H34FNO7S/c1-23-29(19-24-10-13-27(14-11-24)44(2)40)28-15-12-26(35)20-31(28)30(23)21-32(37)43-34(39)42-18-7-5-3-4-6-17-41-33(38)25-9-8-16-36-22-25/h8-16,19-20,22H,3-7,17-18,21H2,1-2H3/b29-19-. The molecule has 2 aromatic carbocycles. The lowest BCUT2D eigenvalue weighted by Crippen LogP contribution is -2.14. The lowest BCUT2D eigenvalue weighted by molar-refractivity contribution is -0.138. The maximum Gasteiger partial charge on any atom is 0.516 e. The average Bonchev–Trinajstić information content (AvgIpc) is 3.25. The number of allylic oxidation sites excluding steroid dienone is 2. The zero-order valence-electron chi connectivity index (χ0n) is 24.7. The predicted octanol–water partition coefficient (Wildman–Crippen LogP) is 7.16. The number of fused-ring (bicyclic) bond motifs is 1. The number of ether oxygens (including phenoxy) is 3. The lowest BCUT2D eigenvalue weighted by atomic mass is 10.0. The third-order valence-electron chi connectivity index (χ3n) is 7.13. The van der Waals surface area contributed by atoms with Crippen LogP contribution in [0, 0.1) is 5.82 Å². The van der Waals surface area contributed by atoms with Gasteiger partial charge in [-0.1, -0.05) is 37.5 Å². The van der Waals surface area contributed by atoms with Gasteiger partial charge < -0.3 is 14.2 Å². The van der Waals surface area contributed by atoms with Crippen molar-refractivity contribution in [3.8, 4) is 0 Å². The van der Waals surface area contributed by atoms with Gasteiger partial charge in [0.05, 0.1) is 25.2 Å². The highest BCUT2D eigenvalue weighted by molar-refractivity contribution is 7.84. The minimum atomic E-state index is -1.09. The van der Waals surface area contributed by atoms with Gasteiger partial charge in [-0.25, -0.2) is 14.0 Å². The molecule has 0 fully saturated rings. The normalized spacial score (nSPS) is 13.8. The van der Waals surface area contributed by atoms with Gasteiger partial charge >= 0.3 is 18.1 Å². The van der Waals surface area contributed by atoms with Gasteiger partial charge in [0.1, 0.15) is 5.82 Å². The van der Waals surface area contributed by atoms with E-state index in [0.717, 1.165) is 48.0 Å². The molecule has 0 N–H and O–H groups in total. The molecule has 1 heterocycles. The van der Waals surface area contributed by atoms with Crippen LogP contribution in [0.5, 0.6) is 0 Å². The first-order chi connectivity index (χ1) is 21.2. The molecule has 8 nitrogen and oxygen atoms in total. The van der Waals surface area contributed by atoms with Crippen molar-refractivity contribution in [2.75, 3.05) is 19.5 Å². The van der Waals surface area contributed by atoms with Crippen LogP contribution in [0.2, 0.25) is 0 Å². The average molecular weight is 620 g/mol. The van der Waals surface area contributed by atoms with Gasteiger partial charge in [0.2, 0.25) is 0 Å². The van der Waals surface area contributed by atoms with Crippen molar-refractivity contribution in [1.29, 1.82) is 0 Å². The molecule has 0 radical (unpaired) electrons. The zero-order chi connectivity index (χ0) is 31.5. The van der Waals surface area contributed by atoms with E-state index < -0.39 is 34.7 Å². The second-order valence-electron chi connectivity index (χ2n) is 10.3. The third-order valence-corrected chi connectivity index (χ3v) is 8.07. The summed E-state index contributed by atoms with van der Waals surface area (Å²) < 4.78 is 41.1. The Morgan fingerprint density at radius 3 is 2.30 bits per heavy atom. The molecule has 0 aliphatic heterocycles. The van der Waals surface area contributed by atoms with E-state index in [9.17, 15) is 23.0 Å². The van der Waals surface area contributed by atoms with Gasteiger partial charge in [0.25, 0.3) is 0 Å². The van der Waals surface area contributed by atoms with Crippen LogP contribution in [0.1, 0.15) is 72.5 Å². The molecular weight excluding hydrogens is 585 g/mol. The van der Waals surface area contributed by atoms with Gasteiger partial charge in [0, 0.05) is 34.3 Å². The first-order valence-electron chi connectivity index (χ1n) is 14.3. The summed E-state index contributed by atoms with van der Waals surface area (Å²) in [4.78, 5) is 41.2. The number of aromatic nitrogens is 1.